The van der Waals surface area contributed by atoms with Crippen molar-refractivity contribution in [1.82, 2.24) is 0 Å². The number of rotatable bonds is 13. The fourth-order valence-electron chi connectivity index (χ4n) is 1.94. The molecule has 0 fully saturated rings. The topological polar surface area (TPSA) is 89.8 Å². The smallest absolute Gasteiger partial charge is 0.862 e. The minimum atomic E-state index is -3.93. The SMILES string of the molecule is CCCCCCCCCCC([O-])=NCCCS(=O)(=O)O.[K+]. The first-order chi connectivity index (χ1) is 9.45. The van der Waals surface area contributed by atoms with Gasteiger partial charge in [0, 0.05) is 6.54 Å². The average molecular weight is 346 g/mol. The zero-order valence-electron chi connectivity index (χ0n) is 13.5. The molecule has 0 saturated heterocycles. The number of hydrogen-bond donors (Lipinski definition) is 1. The first-order valence-corrected chi connectivity index (χ1v) is 9.22. The van der Waals surface area contributed by atoms with Gasteiger partial charge in [-0.3, -0.25) is 4.55 Å². The first kappa shape index (κ1) is 24.3. The third-order valence-corrected chi connectivity index (χ3v) is 3.90. The molecular formula is C14H28KNO4S. The van der Waals surface area contributed by atoms with E-state index in [0.29, 0.717) is 6.42 Å². The van der Waals surface area contributed by atoms with Crippen LogP contribution in [0.3, 0.4) is 0 Å². The Balaban J connectivity index is 0. The molecule has 0 unspecified atom stereocenters. The van der Waals surface area contributed by atoms with Crippen molar-refractivity contribution in [2.45, 2.75) is 71.1 Å². The van der Waals surface area contributed by atoms with E-state index in [4.69, 9.17) is 4.55 Å². The van der Waals surface area contributed by atoms with E-state index in [-0.39, 0.29) is 76.0 Å². The van der Waals surface area contributed by atoms with E-state index in [2.05, 4.69) is 11.9 Å². The molecule has 0 aromatic rings. The van der Waals surface area contributed by atoms with Gasteiger partial charge in [-0.05, 0) is 25.2 Å². The molecule has 7 heteroatoms. The van der Waals surface area contributed by atoms with E-state index in [0.717, 1.165) is 12.8 Å². The standard InChI is InChI=1S/C14H29NO4S.K/c1-2-3-4-5-6-7-8-9-11-14(16)15-12-10-13-20(17,18)19;/h2-13H2,1H3,(H,15,16)(H,17,18,19);/q;+1/p-1. The van der Waals surface area contributed by atoms with E-state index in [1.807, 2.05) is 0 Å². The Bertz CT molecular complexity index is 358. The van der Waals surface area contributed by atoms with Gasteiger partial charge in [0.25, 0.3) is 10.1 Å². The Hall–Kier alpha value is 1.02. The molecule has 0 aliphatic heterocycles. The van der Waals surface area contributed by atoms with Crippen molar-refractivity contribution in [3.63, 3.8) is 0 Å². The van der Waals surface area contributed by atoms with Crippen molar-refractivity contribution in [3.05, 3.63) is 0 Å². The molecule has 0 atom stereocenters. The zero-order chi connectivity index (χ0) is 15.3. The molecule has 0 aliphatic rings. The Morgan fingerprint density at radius 3 is 2.05 bits per heavy atom. The maximum Gasteiger partial charge on any atom is 1.00 e. The van der Waals surface area contributed by atoms with Crippen molar-refractivity contribution in [1.29, 1.82) is 0 Å². The molecule has 0 radical (unpaired) electrons. The summed E-state index contributed by atoms with van der Waals surface area (Å²) >= 11 is 0. The van der Waals surface area contributed by atoms with Gasteiger partial charge in [0.1, 0.15) is 0 Å². The third-order valence-electron chi connectivity index (χ3n) is 3.09. The summed E-state index contributed by atoms with van der Waals surface area (Å²) in [7, 11) is -3.93. The summed E-state index contributed by atoms with van der Waals surface area (Å²) in [5, 5.41) is 11.4. The molecule has 0 spiro atoms. The van der Waals surface area contributed by atoms with Crippen LogP contribution in [0, 0.1) is 0 Å². The van der Waals surface area contributed by atoms with Gasteiger partial charge in [-0.1, -0.05) is 51.9 Å². The van der Waals surface area contributed by atoms with E-state index in [1.54, 1.807) is 0 Å². The Labute approximate surface area is 172 Å². The summed E-state index contributed by atoms with van der Waals surface area (Å²) < 4.78 is 29.4. The summed E-state index contributed by atoms with van der Waals surface area (Å²) in [6.07, 6.45) is 10.1. The molecule has 0 amide bonds. The Kier molecular flexibility index (Phi) is 18.4. The number of unbranched alkanes of at least 4 members (excludes halogenated alkanes) is 7. The summed E-state index contributed by atoms with van der Waals surface area (Å²) in [6, 6.07) is 0. The molecule has 120 valence electrons. The monoisotopic (exact) mass is 345 g/mol. The van der Waals surface area contributed by atoms with Crippen molar-refractivity contribution in [2.75, 3.05) is 12.3 Å². The van der Waals surface area contributed by atoms with Crippen LogP contribution < -0.4 is 56.5 Å². The fourth-order valence-corrected chi connectivity index (χ4v) is 2.43. The summed E-state index contributed by atoms with van der Waals surface area (Å²) in [5.41, 5.74) is 0. The van der Waals surface area contributed by atoms with E-state index in [9.17, 15) is 13.5 Å². The first-order valence-electron chi connectivity index (χ1n) is 7.61. The van der Waals surface area contributed by atoms with Crippen LogP contribution in [0.2, 0.25) is 0 Å². The predicted octanol–water partition coefficient (Wildman–Crippen LogP) is -0.442. The second-order valence-corrected chi connectivity index (χ2v) is 6.71. The van der Waals surface area contributed by atoms with Crippen LogP contribution in [0.15, 0.2) is 4.99 Å². The second-order valence-electron chi connectivity index (χ2n) is 5.14. The third kappa shape index (κ3) is 21.0. The van der Waals surface area contributed by atoms with Crippen molar-refractivity contribution >= 4 is 16.0 Å². The van der Waals surface area contributed by atoms with Gasteiger partial charge in [0.05, 0.1) is 5.75 Å². The number of hydrogen-bond acceptors (Lipinski definition) is 4. The predicted molar refractivity (Wildman–Crippen MR) is 80.6 cm³/mol. The molecule has 1 N–H and O–H groups in total. The molecule has 0 aliphatic carbocycles. The van der Waals surface area contributed by atoms with Gasteiger partial charge < -0.3 is 10.1 Å². The molecule has 0 saturated carbocycles. The van der Waals surface area contributed by atoms with Crippen LogP contribution in [0.1, 0.15) is 71.1 Å². The molecule has 0 aromatic carbocycles. The molecule has 0 heterocycles. The molecular weight excluding hydrogens is 317 g/mol. The summed E-state index contributed by atoms with van der Waals surface area (Å²) in [6.45, 7) is 2.38. The molecule has 0 bridgehead atoms. The van der Waals surface area contributed by atoms with Gasteiger partial charge in [0.15, 0.2) is 0 Å². The Morgan fingerprint density at radius 2 is 1.52 bits per heavy atom. The average Bonchev–Trinajstić information content (AvgIpc) is 2.37. The van der Waals surface area contributed by atoms with Gasteiger partial charge in [-0.25, -0.2) is 0 Å². The summed E-state index contributed by atoms with van der Waals surface area (Å²) in [5.74, 6) is -0.493. The maximum absolute atomic E-state index is 11.4. The van der Waals surface area contributed by atoms with E-state index < -0.39 is 10.1 Å². The fraction of sp³-hybridized carbons (Fsp3) is 0.929. The van der Waals surface area contributed by atoms with Crippen LogP contribution in [-0.4, -0.2) is 31.2 Å². The van der Waals surface area contributed by atoms with Gasteiger partial charge in [-0.15, -0.1) is 0 Å². The largest absolute Gasteiger partial charge is 1.00 e. The molecule has 0 rings (SSSR count). The minimum absolute atomic E-state index is 0. The normalized spacial score (nSPS) is 12.2. The second kappa shape index (κ2) is 15.9. The minimum Gasteiger partial charge on any atom is -0.862 e. The van der Waals surface area contributed by atoms with Crippen LogP contribution in [-0.2, 0) is 10.1 Å². The van der Waals surface area contributed by atoms with Crippen LogP contribution in [0.25, 0.3) is 0 Å². The van der Waals surface area contributed by atoms with Gasteiger partial charge >= 0.3 is 51.4 Å². The van der Waals surface area contributed by atoms with Crippen LogP contribution >= 0.6 is 0 Å². The van der Waals surface area contributed by atoms with E-state index >= 15 is 0 Å². The van der Waals surface area contributed by atoms with Crippen molar-refractivity contribution in [3.8, 4) is 0 Å². The zero-order valence-corrected chi connectivity index (χ0v) is 17.5. The molecule has 21 heavy (non-hydrogen) atoms. The quantitative estimate of drug-likeness (QED) is 0.161. The van der Waals surface area contributed by atoms with Gasteiger partial charge in [0.2, 0.25) is 0 Å². The number of aliphatic imine (C=N–C) groups is 1. The van der Waals surface area contributed by atoms with Crippen LogP contribution in [0.4, 0.5) is 0 Å². The van der Waals surface area contributed by atoms with Crippen molar-refractivity contribution in [2.24, 2.45) is 4.99 Å². The van der Waals surface area contributed by atoms with Crippen LogP contribution in [0.5, 0.6) is 0 Å². The number of nitrogens with zero attached hydrogens (tertiary/aromatic N) is 1. The Morgan fingerprint density at radius 1 is 1.00 bits per heavy atom. The molecule has 0 aromatic heterocycles. The molecule has 5 nitrogen and oxygen atoms in total. The van der Waals surface area contributed by atoms with Gasteiger partial charge in [-0.2, -0.15) is 8.42 Å². The maximum atomic E-state index is 11.4. The van der Waals surface area contributed by atoms with E-state index in [1.165, 1.54) is 38.5 Å². The summed E-state index contributed by atoms with van der Waals surface area (Å²) in [4.78, 5) is 3.77. The van der Waals surface area contributed by atoms with Crippen molar-refractivity contribution < 1.29 is 69.5 Å².